The molecule has 1 saturated heterocycles. The zero-order valence-electron chi connectivity index (χ0n) is 10.9. The zero-order chi connectivity index (χ0) is 13.4. The van der Waals surface area contributed by atoms with Crippen molar-refractivity contribution >= 4 is 11.9 Å². The maximum Gasteiger partial charge on any atom is 0.303 e. The molecule has 6 nitrogen and oxygen atoms in total. The van der Waals surface area contributed by atoms with Crippen LogP contribution >= 0.6 is 0 Å². The number of carboxylic acid groups (broad SMARTS) is 1. The Labute approximate surface area is 108 Å². The number of hydrogen-bond acceptors (Lipinski definition) is 4. The Balaban J connectivity index is 2.17. The number of carbonyl (C=O) groups excluding carboxylic acids is 1. The highest BCUT2D eigenvalue weighted by molar-refractivity contribution is 5.78. The minimum absolute atomic E-state index is 0.0132. The third kappa shape index (κ3) is 5.46. The average molecular weight is 257 g/mol. The molecular weight excluding hydrogens is 234 g/mol. The minimum Gasteiger partial charge on any atom is -0.481 e. The molecule has 3 N–H and O–H groups in total. The maximum absolute atomic E-state index is 11.7. The van der Waals surface area contributed by atoms with Gasteiger partial charge in [-0.3, -0.25) is 14.5 Å². The molecule has 1 amide bonds. The molecule has 0 bridgehead atoms. The number of carboxylic acids is 1. The summed E-state index contributed by atoms with van der Waals surface area (Å²) in [5.41, 5.74) is 0. The molecule has 0 spiro atoms. The van der Waals surface area contributed by atoms with Crippen LogP contribution in [0.15, 0.2) is 0 Å². The molecule has 0 radical (unpaired) electrons. The molecule has 104 valence electrons. The average Bonchev–Trinajstić information content (AvgIpc) is 2.22. The minimum atomic E-state index is -0.822. The van der Waals surface area contributed by atoms with Crippen molar-refractivity contribution in [3.05, 3.63) is 0 Å². The summed E-state index contributed by atoms with van der Waals surface area (Å²) in [6.45, 7) is 5.78. The molecule has 0 aliphatic carbocycles. The van der Waals surface area contributed by atoms with E-state index in [0.29, 0.717) is 25.6 Å². The van der Waals surface area contributed by atoms with E-state index in [0.717, 1.165) is 26.1 Å². The Morgan fingerprint density at radius 1 is 1.44 bits per heavy atom. The summed E-state index contributed by atoms with van der Waals surface area (Å²) in [4.78, 5) is 24.2. The van der Waals surface area contributed by atoms with E-state index in [1.807, 2.05) is 0 Å². The Kier molecular flexibility index (Phi) is 6.67. The van der Waals surface area contributed by atoms with E-state index in [4.69, 9.17) is 5.11 Å². The summed E-state index contributed by atoms with van der Waals surface area (Å²) in [7, 11) is 0. The lowest BCUT2D eigenvalue weighted by molar-refractivity contribution is -0.137. The van der Waals surface area contributed by atoms with Crippen molar-refractivity contribution in [2.45, 2.75) is 32.2 Å². The standard InChI is InChI=1S/C12H23N3O3/c1-2-6-15(10-7-13-8-10)9-11(16)14-5-3-4-12(17)18/h10,13H,2-9H2,1H3,(H,14,16)(H,17,18). The van der Waals surface area contributed by atoms with Crippen LogP contribution in [0.2, 0.25) is 0 Å². The van der Waals surface area contributed by atoms with Gasteiger partial charge in [0.2, 0.25) is 5.91 Å². The van der Waals surface area contributed by atoms with Gasteiger partial charge in [0, 0.05) is 32.1 Å². The van der Waals surface area contributed by atoms with Crippen LogP contribution in [0, 0.1) is 0 Å². The van der Waals surface area contributed by atoms with Crippen LogP contribution in [0.3, 0.4) is 0 Å². The first-order valence-electron chi connectivity index (χ1n) is 6.56. The van der Waals surface area contributed by atoms with Crippen molar-refractivity contribution < 1.29 is 14.7 Å². The number of amides is 1. The number of nitrogens with zero attached hydrogens (tertiary/aromatic N) is 1. The van der Waals surface area contributed by atoms with E-state index in [-0.39, 0.29) is 12.3 Å². The Morgan fingerprint density at radius 2 is 2.17 bits per heavy atom. The van der Waals surface area contributed by atoms with Gasteiger partial charge < -0.3 is 15.7 Å². The normalized spacial score (nSPS) is 15.4. The highest BCUT2D eigenvalue weighted by Gasteiger charge is 2.25. The Morgan fingerprint density at radius 3 is 2.67 bits per heavy atom. The molecule has 1 aliphatic rings. The van der Waals surface area contributed by atoms with Gasteiger partial charge in [-0.15, -0.1) is 0 Å². The number of rotatable bonds is 9. The molecule has 0 unspecified atom stereocenters. The maximum atomic E-state index is 11.7. The molecule has 6 heteroatoms. The monoisotopic (exact) mass is 257 g/mol. The lowest BCUT2D eigenvalue weighted by Gasteiger charge is -2.37. The quantitative estimate of drug-likeness (QED) is 0.492. The van der Waals surface area contributed by atoms with Crippen molar-refractivity contribution in [1.29, 1.82) is 0 Å². The number of aliphatic carboxylic acids is 1. The lowest BCUT2D eigenvalue weighted by Crippen LogP contribution is -2.59. The molecule has 0 saturated carbocycles. The van der Waals surface area contributed by atoms with Gasteiger partial charge in [-0.2, -0.15) is 0 Å². The first kappa shape index (κ1) is 14.9. The molecule has 1 rings (SSSR count). The van der Waals surface area contributed by atoms with Gasteiger partial charge in [-0.25, -0.2) is 0 Å². The molecule has 1 aliphatic heterocycles. The van der Waals surface area contributed by atoms with Crippen molar-refractivity contribution in [3.8, 4) is 0 Å². The van der Waals surface area contributed by atoms with Crippen molar-refractivity contribution in [3.63, 3.8) is 0 Å². The van der Waals surface area contributed by atoms with Crippen LogP contribution in [0.25, 0.3) is 0 Å². The molecule has 0 aromatic carbocycles. The largest absolute Gasteiger partial charge is 0.481 e. The Bertz CT molecular complexity index is 280. The van der Waals surface area contributed by atoms with Gasteiger partial charge in [0.05, 0.1) is 6.54 Å². The van der Waals surface area contributed by atoms with Gasteiger partial charge in [0.25, 0.3) is 0 Å². The third-order valence-electron chi connectivity index (χ3n) is 3.02. The van der Waals surface area contributed by atoms with E-state index in [1.165, 1.54) is 0 Å². The predicted molar refractivity (Wildman–Crippen MR) is 68.4 cm³/mol. The zero-order valence-corrected chi connectivity index (χ0v) is 10.9. The van der Waals surface area contributed by atoms with Crippen LogP contribution in [0.1, 0.15) is 26.2 Å². The molecule has 18 heavy (non-hydrogen) atoms. The second-order valence-corrected chi connectivity index (χ2v) is 4.63. The highest BCUT2D eigenvalue weighted by Crippen LogP contribution is 2.05. The first-order chi connectivity index (χ1) is 8.63. The van der Waals surface area contributed by atoms with E-state index in [2.05, 4.69) is 22.5 Å². The van der Waals surface area contributed by atoms with Gasteiger partial charge in [0.15, 0.2) is 0 Å². The predicted octanol–water partition coefficient (Wildman–Crippen LogP) is -0.349. The molecule has 0 aromatic rings. The van der Waals surface area contributed by atoms with E-state index in [9.17, 15) is 9.59 Å². The van der Waals surface area contributed by atoms with Crippen LogP contribution in [0.4, 0.5) is 0 Å². The fourth-order valence-electron chi connectivity index (χ4n) is 1.92. The number of nitrogens with one attached hydrogen (secondary N) is 2. The van der Waals surface area contributed by atoms with E-state index < -0.39 is 5.97 Å². The summed E-state index contributed by atoms with van der Waals surface area (Å²) in [6.07, 6.45) is 1.62. The summed E-state index contributed by atoms with van der Waals surface area (Å²) in [5.74, 6) is -0.835. The molecule has 0 aromatic heterocycles. The first-order valence-corrected chi connectivity index (χ1v) is 6.56. The van der Waals surface area contributed by atoms with Crippen LogP contribution in [-0.4, -0.2) is 60.6 Å². The molecule has 1 heterocycles. The van der Waals surface area contributed by atoms with Crippen molar-refractivity contribution in [2.75, 3.05) is 32.7 Å². The van der Waals surface area contributed by atoms with Crippen LogP contribution in [-0.2, 0) is 9.59 Å². The lowest BCUT2D eigenvalue weighted by atomic mass is 10.1. The van der Waals surface area contributed by atoms with Crippen LogP contribution < -0.4 is 10.6 Å². The number of hydrogen-bond donors (Lipinski definition) is 3. The molecular formula is C12H23N3O3. The summed E-state index contributed by atoms with van der Waals surface area (Å²) in [6, 6.07) is 0.467. The van der Waals surface area contributed by atoms with Gasteiger partial charge in [-0.05, 0) is 19.4 Å². The smallest absolute Gasteiger partial charge is 0.303 e. The third-order valence-corrected chi connectivity index (χ3v) is 3.02. The summed E-state index contributed by atoms with van der Waals surface area (Å²) >= 11 is 0. The van der Waals surface area contributed by atoms with E-state index >= 15 is 0 Å². The SMILES string of the molecule is CCCN(CC(=O)NCCCC(=O)O)C1CNC1. The van der Waals surface area contributed by atoms with Crippen LogP contribution in [0.5, 0.6) is 0 Å². The second kappa shape index (κ2) is 8.05. The highest BCUT2D eigenvalue weighted by atomic mass is 16.4. The van der Waals surface area contributed by atoms with Crippen molar-refractivity contribution in [1.82, 2.24) is 15.5 Å². The number of carbonyl (C=O) groups is 2. The van der Waals surface area contributed by atoms with Crippen molar-refractivity contribution in [2.24, 2.45) is 0 Å². The topological polar surface area (TPSA) is 81.7 Å². The second-order valence-electron chi connectivity index (χ2n) is 4.63. The van der Waals surface area contributed by atoms with Gasteiger partial charge in [-0.1, -0.05) is 6.92 Å². The summed E-state index contributed by atoms with van der Waals surface area (Å²) in [5, 5.41) is 14.4. The van der Waals surface area contributed by atoms with Gasteiger partial charge >= 0.3 is 5.97 Å². The summed E-state index contributed by atoms with van der Waals surface area (Å²) < 4.78 is 0. The van der Waals surface area contributed by atoms with Gasteiger partial charge in [0.1, 0.15) is 0 Å². The molecule has 1 fully saturated rings. The molecule has 0 atom stereocenters. The fourth-order valence-corrected chi connectivity index (χ4v) is 1.92. The fraction of sp³-hybridized carbons (Fsp3) is 0.833. The van der Waals surface area contributed by atoms with E-state index in [1.54, 1.807) is 0 Å². The Hall–Kier alpha value is -1.14.